The van der Waals surface area contributed by atoms with Gasteiger partial charge in [0.25, 0.3) is 11.8 Å². The molecule has 0 unspecified atom stereocenters. The van der Waals surface area contributed by atoms with Crippen molar-refractivity contribution in [1.29, 1.82) is 0 Å². The lowest BCUT2D eigenvalue weighted by Gasteiger charge is -2.28. The molecule has 1 aromatic heterocycles. The number of benzene rings is 2. The molecular weight excluding hydrogens is 483 g/mol. The topological polar surface area (TPSA) is 88.7 Å². The Balaban J connectivity index is 1.34. The molecule has 0 bridgehead atoms. The number of nitrogens with one attached hydrogen (secondary N) is 2. The lowest BCUT2D eigenvalue weighted by atomic mass is 9.94. The molecule has 0 saturated carbocycles. The molecule has 2 fully saturated rings. The third-order valence-corrected chi connectivity index (χ3v) is 7.82. The maximum atomic E-state index is 14.0. The molecule has 0 aliphatic carbocycles. The Kier molecular flexibility index (Phi) is 6.37. The minimum Gasteiger partial charge on any atom is -0.392 e. The van der Waals surface area contributed by atoms with E-state index < -0.39 is 0 Å². The molecule has 3 aromatic rings. The van der Waals surface area contributed by atoms with Crippen molar-refractivity contribution in [3.63, 3.8) is 0 Å². The van der Waals surface area contributed by atoms with Gasteiger partial charge in [-0.25, -0.2) is 4.39 Å². The minimum atomic E-state index is -0.348. The lowest BCUT2D eigenvalue weighted by molar-refractivity contribution is -0.110. The maximum absolute atomic E-state index is 14.0. The molecule has 7 nitrogen and oxygen atoms in total. The summed E-state index contributed by atoms with van der Waals surface area (Å²) in [5, 5.41) is 12.8. The Morgan fingerprint density at radius 2 is 2.00 bits per heavy atom. The number of carbonyl (C=O) groups is 2. The second-order valence-corrected chi connectivity index (χ2v) is 10.5. The molecule has 2 aromatic carbocycles. The normalized spacial score (nSPS) is 22.3. The number of rotatable bonds is 5. The van der Waals surface area contributed by atoms with E-state index in [-0.39, 0.29) is 29.8 Å². The van der Waals surface area contributed by atoms with Gasteiger partial charge in [0, 0.05) is 49.2 Å². The third kappa shape index (κ3) is 4.54. The standard InChI is InChI=1S/C30H31FN4O3/c1-18-13-24(30(38)35-11-4-7-21(35)16-34-12-10-22(36)17-34)27(32-18)15-25-28-23(19-5-2-6-20(31)14-19)8-3-9-26(28)33-29(25)37/h2-3,5-6,8-9,13-15,21-22,32,36H,4,7,10-12,16-17H2,1H3,(H,33,37)/b25-15-/t21-,22+/m0/s1. The summed E-state index contributed by atoms with van der Waals surface area (Å²) in [5.74, 6) is -0.666. The number of likely N-dealkylation sites (tertiary alicyclic amines) is 2. The molecule has 4 heterocycles. The first-order chi connectivity index (χ1) is 18.4. The summed E-state index contributed by atoms with van der Waals surface area (Å²) in [6.45, 7) is 4.85. The molecule has 196 valence electrons. The fraction of sp³-hybridized carbons (Fsp3) is 0.333. The summed E-state index contributed by atoms with van der Waals surface area (Å²) in [5.41, 5.74) is 5.15. The van der Waals surface area contributed by atoms with Gasteiger partial charge in [-0.05, 0) is 67.7 Å². The average Bonchev–Trinajstić information content (AvgIpc) is 3.67. The van der Waals surface area contributed by atoms with Crippen LogP contribution in [0.4, 0.5) is 10.1 Å². The van der Waals surface area contributed by atoms with E-state index in [0.29, 0.717) is 46.7 Å². The molecule has 3 N–H and O–H groups in total. The first-order valence-corrected chi connectivity index (χ1v) is 13.2. The number of hydrogen-bond acceptors (Lipinski definition) is 4. The van der Waals surface area contributed by atoms with Gasteiger partial charge in [-0.15, -0.1) is 0 Å². The molecule has 3 aliphatic heterocycles. The molecule has 0 radical (unpaired) electrons. The Morgan fingerprint density at radius 1 is 1.16 bits per heavy atom. The van der Waals surface area contributed by atoms with Crippen molar-refractivity contribution < 1.29 is 19.1 Å². The molecule has 2 saturated heterocycles. The molecule has 3 aliphatic rings. The summed E-state index contributed by atoms with van der Waals surface area (Å²) in [6, 6.07) is 13.8. The molecule has 8 heteroatoms. The fourth-order valence-electron chi connectivity index (χ4n) is 6.05. The predicted octanol–water partition coefficient (Wildman–Crippen LogP) is 4.29. The highest BCUT2D eigenvalue weighted by Gasteiger charge is 2.34. The average molecular weight is 515 g/mol. The second-order valence-electron chi connectivity index (χ2n) is 10.5. The van der Waals surface area contributed by atoms with E-state index in [1.54, 1.807) is 12.1 Å². The van der Waals surface area contributed by atoms with E-state index in [4.69, 9.17) is 0 Å². The number of anilines is 1. The maximum Gasteiger partial charge on any atom is 0.256 e. The van der Waals surface area contributed by atoms with Gasteiger partial charge < -0.3 is 20.3 Å². The van der Waals surface area contributed by atoms with Gasteiger partial charge in [0.1, 0.15) is 5.82 Å². The third-order valence-electron chi connectivity index (χ3n) is 7.82. The monoisotopic (exact) mass is 514 g/mol. The number of H-pyrrole nitrogens is 1. The number of carbonyl (C=O) groups excluding carboxylic acids is 2. The largest absolute Gasteiger partial charge is 0.392 e. The van der Waals surface area contributed by atoms with Crippen molar-refractivity contribution in [2.24, 2.45) is 0 Å². The van der Waals surface area contributed by atoms with Crippen LogP contribution in [0.25, 0.3) is 22.8 Å². The highest BCUT2D eigenvalue weighted by Crippen LogP contribution is 2.41. The van der Waals surface area contributed by atoms with E-state index in [0.717, 1.165) is 43.6 Å². The van der Waals surface area contributed by atoms with Crippen molar-refractivity contribution in [1.82, 2.24) is 14.8 Å². The van der Waals surface area contributed by atoms with E-state index in [1.165, 1.54) is 12.1 Å². The summed E-state index contributed by atoms with van der Waals surface area (Å²) >= 11 is 0. The number of amides is 2. The van der Waals surface area contributed by atoms with Gasteiger partial charge in [0.2, 0.25) is 0 Å². The highest BCUT2D eigenvalue weighted by atomic mass is 19.1. The van der Waals surface area contributed by atoms with E-state index in [1.807, 2.05) is 42.2 Å². The van der Waals surface area contributed by atoms with Gasteiger partial charge in [0.15, 0.2) is 0 Å². The van der Waals surface area contributed by atoms with E-state index in [9.17, 15) is 19.1 Å². The number of fused-ring (bicyclic) bond motifs is 1. The van der Waals surface area contributed by atoms with Crippen LogP contribution in [-0.4, -0.2) is 70.0 Å². The first-order valence-electron chi connectivity index (χ1n) is 13.2. The van der Waals surface area contributed by atoms with Crippen LogP contribution in [-0.2, 0) is 4.79 Å². The number of aromatic amines is 1. The Bertz CT molecular complexity index is 1440. The molecule has 38 heavy (non-hydrogen) atoms. The number of nitrogens with zero attached hydrogens (tertiary/aromatic N) is 2. The Hall–Kier alpha value is -3.75. The predicted molar refractivity (Wildman–Crippen MR) is 145 cm³/mol. The SMILES string of the molecule is Cc1cc(C(=O)N2CCC[C@H]2CN2CC[C@@H](O)C2)c(/C=C2\C(=O)Nc3cccc(-c4cccc(F)c4)c32)[nH]1. The van der Waals surface area contributed by atoms with E-state index in [2.05, 4.69) is 15.2 Å². The van der Waals surface area contributed by atoms with Gasteiger partial charge >= 0.3 is 0 Å². The quantitative estimate of drug-likeness (QED) is 0.443. The summed E-state index contributed by atoms with van der Waals surface area (Å²) < 4.78 is 14.0. The zero-order valence-electron chi connectivity index (χ0n) is 21.3. The molecule has 6 rings (SSSR count). The van der Waals surface area contributed by atoms with Crippen LogP contribution in [0.15, 0.2) is 48.5 Å². The smallest absolute Gasteiger partial charge is 0.256 e. The number of halogens is 1. The fourth-order valence-corrected chi connectivity index (χ4v) is 6.05. The van der Waals surface area contributed by atoms with Crippen LogP contribution in [0.3, 0.4) is 0 Å². The van der Waals surface area contributed by atoms with Crippen molar-refractivity contribution in [2.45, 2.75) is 38.3 Å². The van der Waals surface area contributed by atoms with Crippen LogP contribution in [0.1, 0.15) is 46.6 Å². The number of aromatic nitrogens is 1. The summed E-state index contributed by atoms with van der Waals surface area (Å²) in [4.78, 5) is 34.4. The van der Waals surface area contributed by atoms with Crippen LogP contribution >= 0.6 is 0 Å². The Morgan fingerprint density at radius 3 is 2.79 bits per heavy atom. The van der Waals surface area contributed by atoms with Crippen molar-refractivity contribution in [3.05, 3.63) is 76.9 Å². The van der Waals surface area contributed by atoms with Crippen LogP contribution in [0.5, 0.6) is 0 Å². The van der Waals surface area contributed by atoms with Crippen molar-refractivity contribution in [3.8, 4) is 11.1 Å². The van der Waals surface area contributed by atoms with Crippen molar-refractivity contribution in [2.75, 3.05) is 31.5 Å². The number of hydrogen-bond donors (Lipinski definition) is 3. The lowest BCUT2D eigenvalue weighted by Crippen LogP contribution is -2.43. The zero-order chi connectivity index (χ0) is 26.4. The summed E-state index contributed by atoms with van der Waals surface area (Å²) in [6.07, 6.45) is 4.11. The number of aliphatic hydroxyl groups is 1. The zero-order valence-corrected chi connectivity index (χ0v) is 21.3. The van der Waals surface area contributed by atoms with Gasteiger partial charge in [-0.2, -0.15) is 0 Å². The van der Waals surface area contributed by atoms with Gasteiger partial charge in [-0.3, -0.25) is 14.5 Å². The second kappa shape index (κ2) is 9.85. The van der Waals surface area contributed by atoms with Crippen LogP contribution < -0.4 is 5.32 Å². The van der Waals surface area contributed by atoms with Gasteiger partial charge in [0.05, 0.1) is 22.9 Å². The van der Waals surface area contributed by atoms with Gasteiger partial charge in [-0.1, -0.05) is 24.3 Å². The number of β-amino-alcohol motifs (C(OH)–C–C–N with tert-alkyl or cyclic N) is 1. The Labute approximate surface area is 221 Å². The molecular formula is C30H31FN4O3. The number of aliphatic hydroxyl groups excluding tert-OH is 1. The molecule has 2 amide bonds. The first kappa shape index (κ1) is 24.6. The van der Waals surface area contributed by atoms with Crippen LogP contribution in [0, 0.1) is 12.7 Å². The minimum absolute atomic E-state index is 0.0551. The van der Waals surface area contributed by atoms with Crippen molar-refractivity contribution >= 4 is 29.2 Å². The molecule has 0 spiro atoms. The highest BCUT2D eigenvalue weighted by molar-refractivity contribution is 6.36. The van der Waals surface area contributed by atoms with E-state index >= 15 is 0 Å². The van der Waals surface area contributed by atoms with Crippen LogP contribution in [0.2, 0.25) is 0 Å². The number of aryl methyl sites for hydroxylation is 1. The summed E-state index contributed by atoms with van der Waals surface area (Å²) in [7, 11) is 0. The molecule has 2 atom stereocenters.